The molecular weight excluding hydrogens is 346 g/mol. The van der Waals surface area contributed by atoms with Crippen LogP contribution in [0.15, 0.2) is 36.1 Å². The average Bonchev–Trinajstić information content (AvgIpc) is 3.25. The number of hydrogen-bond donors (Lipinski definition) is 1. The largest absolute Gasteiger partial charge is 0.344 e. The minimum Gasteiger partial charge on any atom is -0.344 e. The smallest absolute Gasteiger partial charge is 0.248 e. The minimum absolute atomic E-state index is 0.0793. The first-order valence-corrected chi connectivity index (χ1v) is 8.85. The number of amides is 1. The van der Waals surface area contributed by atoms with Gasteiger partial charge >= 0.3 is 0 Å². The normalized spacial score (nSPS) is 17.4. The summed E-state index contributed by atoms with van der Waals surface area (Å²) in [6.45, 7) is 0.800. The van der Waals surface area contributed by atoms with Crippen LogP contribution in [0.1, 0.15) is 12.8 Å². The van der Waals surface area contributed by atoms with Crippen molar-refractivity contribution in [3.05, 3.63) is 41.1 Å². The third-order valence-electron chi connectivity index (χ3n) is 4.05. The highest BCUT2D eigenvalue weighted by Crippen LogP contribution is 2.32. The number of rotatable bonds is 3. The summed E-state index contributed by atoms with van der Waals surface area (Å²) in [7, 11) is 0. The van der Waals surface area contributed by atoms with Gasteiger partial charge in [0.1, 0.15) is 28.8 Å². The van der Waals surface area contributed by atoms with Crippen LogP contribution in [0.5, 0.6) is 0 Å². The SMILES string of the molecule is O=C(Nc1ccc(Cl)cn1)C1CCCN1c1ncnc2sccc12. The highest BCUT2D eigenvalue weighted by atomic mass is 35.5. The van der Waals surface area contributed by atoms with Crippen LogP contribution in [0.2, 0.25) is 5.02 Å². The van der Waals surface area contributed by atoms with Crippen molar-refractivity contribution in [2.75, 3.05) is 16.8 Å². The van der Waals surface area contributed by atoms with Crippen LogP contribution >= 0.6 is 22.9 Å². The van der Waals surface area contributed by atoms with Crippen molar-refractivity contribution < 1.29 is 4.79 Å². The summed E-state index contributed by atoms with van der Waals surface area (Å²) in [6, 6.07) is 5.14. The summed E-state index contributed by atoms with van der Waals surface area (Å²) >= 11 is 7.40. The number of carbonyl (C=O) groups is 1. The number of anilines is 2. The van der Waals surface area contributed by atoms with E-state index in [0.717, 1.165) is 35.4 Å². The number of carbonyl (C=O) groups excluding carboxylic acids is 1. The molecular formula is C16H14ClN5OS. The standard InChI is InChI=1S/C16H14ClN5OS/c17-10-3-4-13(18-8-10)21-15(23)12-2-1-6-22(12)14-11-5-7-24-16(11)20-9-19-14/h3-5,7-9,12H,1-2,6H2,(H,18,21,23). The molecule has 4 rings (SSSR count). The molecule has 6 nitrogen and oxygen atoms in total. The molecule has 1 amide bonds. The van der Waals surface area contributed by atoms with Crippen molar-refractivity contribution in [3.63, 3.8) is 0 Å². The fourth-order valence-corrected chi connectivity index (χ4v) is 3.80. The number of aromatic nitrogens is 3. The number of pyridine rings is 1. The number of halogens is 1. The molecule has 1 atom stereocenters. The molecule has 1 fully saturated rings. The first kappa shape index (κ1) is 15.3. The van der Waals surface area contributed by atoms with E-state index in [0.29, 0.717) is 10.8 Å². The molecule has 24 heavy (non-hydrogen) atoms. The van der Waals surface area contributed by atoms with Crippen LogP contribution < -0.4 is 10.2 Å². The van der Waals surface area contributed by atoms with Gasteiger partial charge in [-0.15, -0.1) is 11.3 Å². The van der Waals surface area contributed by atoms with Crippen LogP contribution in [-0.4, -0.2) is 33.4 Å². The van der Waals surface area contributed by atoms with Crippen molar-refractivity contribution in [3.8, 4) is 0 Å². The molecule has 4 heterocycles. The summed E-state index contributed by atoms with van der Waals surface area (Å²) in [4.78, 5) is 28.5. The van der Waals surface area contributed by atoms with Crippen LogP contribution in [-0.2, 0) is 4.79 Å². The lowest BCUT2D eigenvalue weighted by molar-refractivity contribution is -0.117. The van der Waals surface area contributed by atoms with E-state index in [4.69, 9.17) is 11.6 Å². The summed E-state index contributed by atoms with van der Waals surface area (Å²) in [5, 5.41) is 6.38. The summed E-state index contributed by atoms with van der Waals surface area (Å²) in [5.41, 5.74) is 0. The average molecular weight is 360 g/mol. The maximum absolute atomic E-state index is 12.7. The van der Waals surface area contributed by atoms with Gasteiger partial charge < -0.3 is 10.2 Å². The maximum atomic E-state index is 12.7. The Hall–Kier alpha value is -2.25. The van der Waals surface area contributed by atoms with Crippen molar-refractivity contribution >= 4 is 50.7 Å². The molecule has 3 aromatic rings. The second-order valence-electron chi connectivity index (χ2n) is 5.54. The van der Waals surface area contributed by atoms with Gasteiger partial charge in [-0.25, -0.2) is 15.0 Å². The lowest BCUT2D eigenvalue weighted by Gasteiger charge is -2.25. The topological polar surface area (TPSA) is 71.0 Å². The molecule has 0 aliphatic carbocycles. The molecule has 0 aromatic carbocycles. The third-order valence-corrected chi connectivity index (χ3v) is 5.09. The van der Waals surface area contributed by atoms with Gasteiger partial charge in [0.2, 0.25) is 5.91 Å². The van der Waals surface area contributed by atoms with E-state index in [-0.39, 0.29) is 11.9 Å². The molecule has 3 aromatic heterocycles. The van der Waals surface area contributed by atoms with Crippen LogP contribution in [0, 0.1) is 0 Å². The highest BCUT2D eigenvalue weighted by molar-refractivity contribution is 7.16. The molecule has 0 saturated carbocycles. The van der Waals surface area contributed by atoms with Gasteiger partial charge in [0.05, 0.1) is 10.4 Å². The number of fused-ring (bicyclic) bond motifs is 1. The van der Waals surface area contributed by atoms with Crippen molar-refractivity contribution in [1.29, 1.82) is 0 Å². The Morgan fingerprint density at radius 3 is 3.04 bits per heavy atom. The van der Waals surface area contributed by atoms with Crippen molar-refractivity contribution in [2.45, 2.75) is 18.9 Å². The van der Waals surface area contributed by atoms with Gasteiger partial charge in [0.25, 0.3) is 0 Å². The van der Waals surface area contributed by atoms with E-state index >= 15 is 0 Å². The Morgan fingerprint density at radius 2 is 2.21 bits per heavy atom. The van der Waals surface area contributed by atoms with Crippen molar-refractivity contribution in [1.82, 2.24) is 15.0 Å². The Kier molecular flexibility index (Phi) is 4.03. The molecule has 1 aliphatic rings. The molecule has 1 aliphatic heterocycles. The fraction of sp³-hybridized carbons (Fsp3) is 0.250. The van der Waals surface area contributed by atoms with E-state index < -0.39 is 0 Å². The first-order chi connectivity index (χ1) is 11.7. The number of nitrogens with zero attached hydrogens (tertiary/aromatic N) is 4. The van der Waals surface area contributed by atoms with Crippen LogP contribution in [0.3, 0.4) is 0 Å². The quantitative estimate of drug-likeness (QED) is 0.776. The summed E-state index contributed by atoms with van der Waals surface area (Å²) in [5.74, 6) is 1.24. The van der Waals surface area contributed by atoms with E-state index in [1.54, 1.807) is 29.8 Å². The zero-order valence-corrected chi connectivity index (χ0v) is 14.2. The molecule has 8 heteroatoms. The number of thiophene rings is 1. The van der Waals surface area contributed by atoms with Gasteiger partial charge in [-0.2, -0.15) is 0 Å². The maximum Gasteiger partial charge on any atom is 0.248 e. The molecule has 0 spiro atoms. The Bertz CT molecular complexity index is 882. The summed E-state index contributed by atoms with van der Waals surface area (Å²) in [6.07, 6.45) is 4.81. The van der Waals surface area contributed by atoms with Crippen molar-refractivity contribution in [2.24, 2.45) is 0 Å². The summed E-state index contributed by atoms with van der Waals surface area (Å²) < 4.78 is 0. The second kappa shape index (κ2) is 6.33. The van der Waals surface area contributed by atoms with Gasteiger partial charge in [0.15, 0.2) is 0 Å². The van der Waals surface area contributed by atoms with Gasteiger partial charge in [-0.1, -0.05) is 11.6 Å². The number of hydrogen-bond acceptors (Lipinski definition) is 6. The third kappa shape index (κ3) is 2.81. The van der Waals surface area contributed by atoms with Crippen LogP contribution in [0.4, 0.5) is 11.6 Å². The van der Waals surface area contributed by atoms with Gasteiger partial charge in [-0.05, 0) is 36.4 Å². The predicted octanol–water partition coefficient (Wildman–Crippen LogP) is 3.35. The molecule has 0 radical (unpaired) electrons. The van der Waals surface area contributed by atoms with Gasteiger partial charge in [-0.3, -0.25) is 4.79 Å². The lowest BCUT2D eigenvalue weighted by atomic mass is 10.2. The zero-order valence-electron chi connectivity index (χ0n) is 12.6. The molecule has 122 valence electrons. The van der Waals surface area contributed by atoms with E-state index in [9.17, 15) is 4.79 Å². The molecule has 1 unspecified atom stereocenters. The fourth-order valence-electron chi connectivity index (χ4n) is 2.96. The van der Waals surface area contributed by atoms with Gasteiger partial charge in [0, 0.05) is 12.7 Å². The monoisotopic (exact) mass is 359 g/mol. The van der Waals surface area contributed by atoms with E-state index in [1.807, 2.05) is 11.4 Å². The number of nitrogens with one attached hydrogen (secondary N) is 1. The zero-order chi connectivity index (χ0) is 16.5. The minimum atomic E-state index is -0.263. The van der Waals surface area contributed by atoms with Crippen LogP contribution in [0.25, 0.3) is 10.2 Å². The Balaban J connectivity index is 1.59. The first-order valence-electron chi connectivity index (χ1n) is 7.59. The Labute approximate surface area is 147 Å². The highest BCUT2D eigenvalue weighted by Gasteiger charge is 2.33. The molecule has 1 N–H and O–H groups in total. The molecule has 0 bridgehead atoms. The second-order valence-corrected chi connectivity index (χ2v) is 6.87. The van der Waals surface area contributed by atoms with E-state index in [1.165, 1.54) is 6.20 Å². The lowest BCUT2D eigenvalue weighted by Crippen LogP contribution is -2.40. The van der Waals surface area contributed by atoms with E-state index in [2.05, 4.69) is 25.2 Å². The molecule has 1 saturated heterocycles. The predicted molar refractivity (Wildman–Crippen MR) is 95.7 cm³/mol. The Morgan fingerprint density at radius 1 is 1.29 bits per heavy atom.